The quantitative estimate of drug-likeness (QED) is 0.367. The normalized spacial score (nSPS) is 41.8. The van der Waals surface area contributed by atoms with Crippen LogP contribution in [-0.4, -0.2) is 23.8 Å². The highest BCUT2D eigenvalue weighted by Crippen LogP contribution is 2.68. The molecule has 0 N–H and O–H groups in total. The van der Waals surface area contributed by atoms with Crippen molar-refractivity contribution in [2.45, 2.75) is 91.6 Å². The minimum atomic E-state index is -0.850. The van der Waals surface area contributed by atoms with Crippen molar-refractivity contribution in [2.24, 2.45) is 28.6 Å². The zero-order valence-electron chi connectivity index (χ0n) is 20.2. The summed E-state index contributed by atoms with van der Waals surface area (Å²) in [6.45, 7) is 15.8. The van der Waals surface area contributed by atoms with E-state index in [0.29, 0.717) is 30.8 Å². The van der Waals surface area contributed by atoms with Crippen molar-refractivity contribution >= 4 is 11.6 Å². The lowest BCUT2D eigenvalue weighted by molar-refractivity contribution is -0.164. The lowest BCUT2D eigenvalue weighted by atomic mass is 9.47. The summed E-state index contributed by atoms with van der Waals surface area (Å²) in [6.07, 6.45) is 12.1. The van der Waals surface area contributed by atoms with Gasteiger partial charge in [0.2, 0.25) is 0 Å². The van der Waals surface area contributed by atoms with Gasteiger partial charge in [-0.05, 0) is 86.3 Å². The first kappa shape index (κ1) is 22.7. The second-order valence-corrected chi connectivity index (χ2v) is 11.1. The van der Waals surface area contributed by atoms with E-state index in [1.807, 2.05) is 6.08 Å². The molecule has 4 rings (SSSR count). The Kier molecular flexibility index (Phi) is 5.74. The number of ether oxygens (including phenoxy) is 1. The molecule has 3 heteroatoms. The standard InChI is InChI=1S/C28H40O3/c1-7-8-9-14-31-28(20(4)29)19(3)16-25-22-15-18(2)24-17-21(30)10-12-26(24,5)23(22)11-13-27(25,28)6/h15,17,22-23,25H,3,7-14,16H2,1-2,4-6H3/t22-,23+,25+,26-,27+,28+/m1/s1. The molecule has 0 unspecified atom stereocenters. The van der Waals surface area contributed by atoms with Crippen molar-refractivity contribution in [1.29, 1.82) is 0 Å². The monoisotopic (exact) mass is 424 g/mol. The average Bonchev–Trinajstić information content (AvgIpc) is 2.94. The summed E-state index contributed by atoms with van der Waals surface area (Å²) in [6, 6.07) is 0. The van der Waals surface area contributed by atoms with Gasteiger partial charge in [-0.25, -0.2) is 0 Å². The maximum atomic E-state index is 13.2. The van der Waals surface area contributed by atoms with Crippen LogP contribution in [0, 0.1) is 28.6 Å². The largest absolute Gasteiger partial charge is 0.362 e. The minimum Gasteiger partial charge on any atom is -0.362 e. The van der Waals surface area contributed by atoms with E-state index in [1.54, 1.807) is 6.92 Å². The van der Waals surface area contributed by atoms with Crippen molar-refractivity contribution in [3.05, 3.63) is 35.5 Å². The first-order valence-electron chi connectivity index (χ1n) is 12.4. The van der Waals surface area contributed by atoms with Gasteiger partial charge in [-0.3, -0.25) is 9.59 Å². The predicted octanol–water partition coefficient (Wildman–Crippen LogP) is 6.39. The number of hydrogen-bond acceptors (Lipinski definition) is 3. The molecule has 0 aromatic carbocycles. The van der Waals surface area contributed by atoms with E-state index in [0.717, 1.165) is 50.5 Å². The SMILES string of the molecule is C=C1C[C@H]2[C@@H]3C=C(C)C4=CC(=O)CC[C@]4(C)[C@H]3CC[C@]2(C)[C@@]1(OCCCCC)C(C)=O. The Balaban J connectivity index is 1.73. The topological polar surface area (TPSA) is 43.4 Å². The summed E-state index contributed by atoms with van der Waals surface area (Å²) in [7, 11) is 0. The van der Waals surface area contributed by atoms with Gasteiger partial charge in [0.25, 0.3) is 0 Å². The molecule has 0 aliphatic heterocycles. The van der Waals surface area contributed by atoms with Gasteiger partial charge in [-0.2, -0.15) is 0 Å². The third-order valence-corrected chi connectivity index (χ3v) is 9.55. The number of allylic oxidation sites excluding steroid dienone is 4. The summed E-state index contributed by atoms with van der Waals surface area (Å²) in [5.41, 5.74) is 2.50. The van der Waals surface area contributed by atoms with Gasteiger partial charge in [-0.1, -0.05) is 51.8 Å². The molecule has 0 spiro atoms. The van der Waals surface area contributed by atoms with Gasteiger partial charge < -0.3 is 4.74 Å². The maximum absolute atomic E-state index is 13.2. The Morgan fingerprint density at radius 1 is 1.23 bits per heavy atom. The van der Waals surface area contributed by atoms with Crippen LogP contribution < -0.4 is 0 Å². The van der Waals surface area contributed by atoms with Crippen LogP contribution in [0.15, 0.2) is 35.5 Å². The molecule has 2 fully saturated rings. The Labute approximate surface area is 188 Å². The van der Waals surface area contributed by atoms with E-state index < -0.39 is 5.60 Å². The smallest absolute Gasteiger partial charge is 0.166 e. The molecule has 170 valence electrons. The summed E-state index contributed by atoms with van der Waals surface area (Å²) in [5, 5.41) is 0. The van der Waals surface area contributed by atoms with Crippen LogP contribution in [0.3, 0.4) is 0 Å². The van der Waals surface area contributed by atoms with E-state index in [9.17, 15) is 9.59 Å². The van der Waals surface area contributed by atoms with Crippen LogP contribution in [0.2, 0.25) is 0 Å². The number of unbranched alkanes of at least 4 members (excludes halogenated alkanes) is 2. The highest BCUT2D eigenvalue weighted by molar-refractivity contribution is 5.93. The second kappa shape index (κ2) is 7.83. The van der Waals surface area contributed by atoms with E-state index in [1.165, 1.54) is 11.1 Å². The molecule has 0 radical (unpaired) electrons. The molecule has 31 heavy (non-hydrogen) atoms. The van der Waals surface area contributed by atoms with Crippen LogP contribution in [0.1, 0.15) is 86.0 Å². The van der Waals surface area contributed by atoms with Crippen molar-refractivity contribution < 1.29 is 14.3 Å². The molecule has 2 saturated carbocycles. The van der Waals surface area contributed by atoms with Crippen molar-refractivity contribution in [1.82, 2.24) is 0 Å². The fraction of sp³-hybridized carbons (Fsp3) is 0.714. The number of rotatable bonds is 6. The molecule has 6 atom stereocenters. The Morgan fingerprint density at radius 3 is 2.65 bits per heavy atom. The van der Waals surface area contributed by atoms with Crippen molar-refractivity contribution in [2.75, 3.05) is 6.61 Å². The molecule has 0 saturated heterocycles. The Hall–Kier alpha value is -1.48. The van der Waals surface area contributed by atoms with Gasteiger partial charge in [0, 0.05) is 18.4 Å². The van der Waals surface area contributed by atoms with Crippen LogP contribution in [0.5, 0.6) is 0 Å². The zero-order valence-corrected chi connectivity index (χ0v) is 20.2. The maximum Gasteiger partial charge on any atom is 0.166 e. The van der Waals surface area contributed by atoms with Crippen LogP contribution >= 0.6 is 0 Å². The van der Waals surface area contributed by atoms with E-state index in [2.05, 4.69) is 40.3 Å². The highest BCUT2D eigenvalue weighted by Gasteiger charge is 2.68. The van der Waals surface area contributed by atoms with Crippen molar-refractivity contribution in [3.8, 4) is 0 Å². The molecule has 0 amide bonds. The molecule has 0 aromatic heterocycles. The number of Topliss-reactive ketones (excluding diaryl/α,β-unsaturated/α-hetero) is 1. The number of carbonyl (C=O) groups is 2. The molecule has 0 heterocycles. The van der Waals surface area contributed by atoms with E-state index >= 15 is 0 Å². The molecule has 3 nitrogen and oxygen atoms in total. The Morgan fingerprint density at radius 2 is 1.97 bits per heavy atom. The lowest BCUT2D eigenvalue weighted by Crippen LogP contribution is -2.58. The van der Waals surface area contributed by atoms with Crippen LogP contribution in [-0.2, 0) is 14.3 Å². The van der Waals surface area contributed by atoms with Gasteiger partial charge in [0.1, 0.15) is 0 Å². The molecule has 4 aliphatic carbocycles. The van der Waals surface area contributed by atoms with Gasteiger partial charge in [-0.15, -0.1) is 0 Å². The molecule has 0 aromatic rings. The Bertz CT molecular complexity index is 863. The summed E-state index contributed by atoms with van der Waals surface area (Å²) in [5.74, 6) is 1.68. The van der Waals surface area contributed by atoms with Crippen LogP contribution in [0.4, 0.5) is 0 Å². The number of ketones is 2. The number of fused-ring (bicyclic) bond motifs is 5. The third-order valence-electron chi connectivity index (χ3n) is 9.55. The zero-order chi connectivity index (χ0) is 22.6. The minimum absolute atomic E-state index is 0.0591. The number of hydrogen-bond donors (Lipinski definition) is 0. The average molecular weight is 425 g/mol. The van der Waals surface area contributed by atoms with Crippen molar-refractivity contribution in [3.63, 3.8) is 0 Å². The van der Waals surface area contributed by atoms with Gasteiger partial charge in [0.15, 0.2) is 17.2 Å². The fourth-order valence-corrected chi connectivity index (χ4v) is 7.97. The highest BCUT2D eigenvalue weighted by atomic mass is 16.5. The predicted molar refractivity (Wildman–Crippen MR) is 125 cm³/mol. The summed E-state index contributed by atoms with van der Waals surface area (Å²) >= 11 is 0. The van der Waals surface area contributed by atoms with Crippen LogP contribution in [0.25, 0.3) is 0 Å². The molecule has 0 bridgehead atoms. The lowest BCUT2D eigenvalue weighted by Gasteiger charge is -2.58. The summed E-state index contributed by atoms with van der Waals surface area (Å²) < 4.78 is 6.57. The number of carbonyl (C=O) groups excluding carboxylic acids is 2. The van der Waals surface area contributed by atoms with Gasteiger partial charge in [0.05, 0.1) is 0 Å². The third kappa shape index (κ3) is 3.09. The first-order chi connectivity index (χ1) is 14.6. The van der Waals surface area contributed by atoms with E-state index in [4.69, 9.17) is 4.74 Å². The van der Waals surface area contributed by atoms with E-state index in [-0.39, 0.29) is 22.4 Å². The second-order valence-electron chi connectivity index (χ2n) is 11.1. The first-order valence-corrected chi connectivity index (χ1v) is 12.4. The van der Waals surface area contributed by atoms with Gasteiger partial charge >= 0.3 is 0 Å². The molecular weight excluding hydrogens is 384 g/mol. The summed E-state index contributed by atoms with van der Waals surface area (Å²) in [4.78, 5) is 25.4. The molecular formula is C28H40O3. The fourth-order valence-electron chi connectivity index (χ4n) is 7.97. The molecule has 4 aliphatic rings.